The molecular formula is C20H22O2. The van der Waals surface area contributed by atoms with Crippen molar-refractivity contribution < 1.29 is 9.90 Å². The molecule has 0 aliphatic rings. The second-order valence-electron chi connectivity index (χ2n) is 5.64. The van der Waals surface area contributed by atoms with E-state index in [1.54, 1.807) is 6.92 Å². The van der Waals surface area contributed by atoms with E-state index < -0.39 is 5.97 Å². The highest BCUT2D eigenvalue weighted by Crippen LogP contribution is 2.28. The Bertz CT molecular complexity index is 681. The number of carboxylic acid groups (broad SMARTS) is 1. The molecule has 2 rings (SSSR count). The van der Waals surface area contributed by atoms with Crippen LogP contribution in [0.1, 0.15) is 42.0 Å². The fourth-order valence-corrected chi connectivity index (χ4v) is 2.53. The molecule has 0 aliphatic heterocycles. The Labute approximate surface area is 132 Å². The monoisotopic (exact) mass is 294 g/mol. The molecule has 0 fully saturated rings. The third-order valence-electron chi connectivity index (χ3n) is 3.90. The van der Waals surface area contributed by atoms with E-state index in [0.717, 1.165) is 17.5 Å². The number of carbonyl (C=O) groups is 1. The number of rotatable bonds is 5. The number of aliphatic carboxylic acids is 1. The molecular weight excluding hydrogens is 272 g/mol. The van der Waals surface area contributed by atoms with Crippen LogP contribution in [0.15, 0.2) is 60.2 Å². The van der Waals surface area contributed by atoms with Gasteiger partial charge in [-0.25, -0.2) is 4.79 Å². The molecule has 0 amide bonds. The summed E-state index contributed by atoms with van der Waals surface area (Å²) in [5.41, 5.74) is 5.05. The van der Waals surface area contributed by atoms with E-state index >= 15 is 0 Å². The lowest BCUT2D eigenvalue weighted by Gasteiger charge is -2.16. The molecule has 0 aliphatic carbocycles. The van der Waals surface area contributed by atoms with E-state index in [4.69, 9.17) is 0 Å². The molecule has 2 aromatic rings. The van der Waals surface area contributed by atoms with Gasteiger partial charge in [-0.1, -0.05) is 67.1 Å². The molecule has 2 aromatic carbocycles. The molecule has 0 radical (unpaired) electrons. The van der Waals surface area contributed by atoms with Gasteiger partial charge in [0.05, 0.1) is 0 Å². The second-order valence-corrected chi connectivity index (χ2v) is 5.64. The molecule has 0 aromatic heterocycles. The van der Waals surface area contributed by atoms with E-state index in [2.05, 4.69) is 56.3 Å². The van der Waals surface area contributed by atoms with Gasteiger partial charge in [-0.3, -0.25) is 0 Å². The Balaban J connectivity index is 2.49. The van der Waals surface area contributed by atoms with Gasteiger partial charge >= 0.3 is 5.97 Å². The highest BCUT2D eigenvalue weighted by molar-refractivity contribution is 5.86. The van der Waals surface area contributed by atoms with Crippen LogP contribution in [-0.4, -0.2) is 11.1 Å². The Morgan fingerprint density at radius 2 is 1.82 bits per heavy atom. The zero-order valence-corrected chi connectivity index (χ0v) is 13.3. The van der Waals surface area contributed by atoms with Crippen molar-refractivity contribution in [3.8, 4) is 0 Å². The highest BCUT2D eigenvalue weighted by Gasteiger charge is 2.14. The molecule has 2 heteroatoms. The van der Waals surface area contributed by atoms with Crippen LogP contribution < -0.4 is 0 Å². The maximum atomic E-state index is 11.2. The summed E-state index contributed by atoms with van der Waals surface area (Å²) in [6, 6.07) is 16.6. The number of aryl methyl sites for hydroxylation is 2. The molecule has 1 unspecified atom stereocenters. The SMILES string of the molecule is CCc1ccc(C(C=C(C)C(=O)O)c2cccc(C)c2)cc1. The second kappa shape index (κ2) is 7.08. The minimum atomic E-state index is -0.872. The number of allylic oxidation sites excluding steroid dienone is 1. The standard InChI is InChI=1S/C20H22O2/c1-4-16-8-10-17(11-9-16)19(13-15(3)20(21)22)18-7-5-6-14(2)12-18/h5-13,19H,4H2,1-3H3,(H,21,22). The Hall–Kier alpha value is -2.35. The first-order chi connectivity index (χ1) is 10.5. The van der Waals surface area contributed by atoms with Gasteiger partial charge in [0.25, 0.3) is 0 Å². The summed E-state index contributed by atoms with van der Waals surface area (Å²) in [7, 11) is 0. The minimum Gasteiger partial charge on any atom is -0.478 e. The van der Waals surface area contributed by atoms with Crippen molar-refractivity contribution in [1.82, 2.24) is 0 Å². The predicted octanol–water partition coefficient (Wildman–Crippen LogP) is 4.72. The zero-order valence-electron chi connectivity index (χ0n) is 13.3. The van der Waals surface area contributed by atoms with Gasteiger partial charge in [-0.15, -0.1) is 0 Å². The lowest BCUT2D eigenvalue weighted by molar-refractivity contribution is -0.132. The summed E-state index contributed by atoms with van der Waals surface area (Å²) >= 11 is 0. The smallest absolute Gasteiger partial charge is 0.330 e. The van der Waals surface area contributed by atoms with Crippen LogP contribution in [0.5, 0.6) is 0 Å². The van der Waals surface area contributed by atoms with Crippen molar-refractivity contribution in [3.63, 3.8) is 0 Å². The summed E-state index contributed by atoms with van der Waals surface area (Å²) in [5, 5.41) is 9.19. The van der Waals surface area contributed by atoms with E-state index in [1.165, 1.54) is 11.1 Å². The van der Waals surface area contributed by atoms with Gasteiger partial charge in [0.15, 0.2) is 0 Å². The highest BCUT2D eigenvalue weighted by atomic mass is 16.4. The molecule has 0 bridgehead atoms. The number of carboxylic acids is 1. The topological polar surface area (TPSA) is 37.3 Å². The summed E-state index contributed by atoms with van der Waals surface area (Å²) in [5.74, 6) is -0.912. The van der Waals surface area contributed by atoms with Crippen molar-refractivity contribution in [2.24, 2.45) is 0 Å². The summed E-state index contributed by atoms with van der Waals surface area (Å²) < 4.78 is 0. The molecule has 0 saturated heterocycles. The van der Waals surface area contributed by atoms with Crippen molar-refractivity contribution in [2.75, 3.05) is 0 Å². The Morgan fingerprint density at radius 1 is 1.14 bits per heavy atom. The summed E-state index contributed by atoms with van der Waals surface area (Å²) in [6.45, 7) is 5.82. The predicted molar refractivity (Wildman–Crippen MR) is 90.2 cm³/mol. The molecule has 2 nitrogen and oxygen atoms in total. The van der Waals surface area contributed by atoms with Crippen molar-refractivity contribution in [2.45, 2.75) is 33.1 Å². The fourth-order valence-electron chi connectivity index (χ4n) is 2.53. The molecule has 0 saturated carbocycles. The van der Waals surface area contributed by atoms with Crippen LogP contribution >= 0.6 is 0 Å². The van der Waals surface area contributed by atoms with Crippen LogP contribution in [0.4, 0.5) is 0 Å². The van der Waals surface area contributed by atoms with Gasteiger partial charge < -0.3 is 5.11 Å². The maximum Gasteiger partial charge on any atom is 0.330 e. The molecule has 1 atom stereocenters. The van der Waals surface area contributed by atoms with Gasteiger partial charge in [-0.05, 0) is 37.0 Å². The Kier molecular flexibility index (Phi) is 5.16. The van der Waals surface area contributed by atoms with Crippen LogP contribution in [-0.2, 0) is 11.2 Å². The largest absolute Gasteiger partial charge is 0.478 e. The van der Waals surface area contributed by atoms with E-state index in [9.17, 15) is 9.90 Å². The average molecular weight is 294 g/mol. The number of hydrogen-bond acceptors (Lipinski definition) is 1. The fraction of sp³-hybridized carbons (Fsp3) is 0.250. The average Bonchev–Trinajstić information content (AvgIpc) is 2.52. The maximum absolute atomic E-state index is 11.2. The van der Waals surface area contributed by atoms with Gasteiger partial charge in [-0.2, -0.15) is 0 Å². The normalized spacial score (nSPS) is 13.0. The van der Waals surface area contributed by atoms with Gasteiger partial charge in [0.1, 0.15) is 0 Å². The molecule has 1 N–H and O–H groups in total. The van der Waals surface area contributed by atoms with Crippen LogP contribution in [0.2, 0.25) is 0 Å². The van der Waals surface area contributed by atoms with E-state index in [-0.39, 0.29) is 5.92 Å². The first-order valence-corrected chi connectivity index (χ1v) is 7.58. The molecule has 0 spiro atoms. The third-order valence-corrected chi connectivity index (χ3v) is 3.90. The van der Waals surface area contributed by atoms with Crippen LogP contribution in [0.3, 0.4) is 0 Å². The molecule has 22 heavy (non-hydrogen) atoms. The summed E-state index contributed by atoms with van der Waals surface area (Å²) in [4.78, 5) is 11.2. The minimum absolute atomic E-state index is 0.0399. The molecule has 114 valence electrons. The van der Waals surface area contributed by atoms with Crippen molar-refractivity contribution in [3.05, 3.63) is 82.4 Å². The third kappa shape index (κ3) is 3.85. The lowest BCUT2D eigenvalue weighted by atomic mass is 9.88. The lowest BCUT2D eigenvalue weighted by Crippen LogP contribution is -2.03. The van der Waals surface area contributed by atoms with E-state index in [1.807, 2.05) is 12.1 Å². The van der Waals surface area contributed by atoms with Crippen LogP contribution in [0, 0.1) is 6.92 Å². The molecule has 0 heterocycles. The first-order valence-electron chi connectivity index (χ1n) is 7.58. The van der Waals surface area contributed by atoms with Crippen LogP contribution in [0.25, 0.3) is 0 Å². The van der Waals surface area contributed by atoms with Crippen molar-refractivity contribution in [1.29, 1.82) is 0 Å². The van der Waals surface area contributed by atoms with E-state index in [0.29, 0.717) is 5.57 Å². The quantitative estimate of drug-likeness (QED) is 0.810. The van der Waals surface area contributed by atoms with Crippen molar-refractivity contribution >= 4 is 5.97 Å². The summed E-state index contributed by atoms with van der Waals surface area (Å²) in [6.07, 6.45) is 2.83. The number of benzene rings is 2. The van der Waals surface area contributed by atoms with Gasteiger partial charge in [0, 0.05) is 11.5 Å². The zero-order chi connectivity index (χ0) is 16.1. The first kappa shape index (κ1) is 16.0. The van der Waals surface area contributed by atoms with Gasteiger partial charge in [0.2, 0.25) is 0 Å². The Morgan fingerprint density at radius 3 is 2.36 bits per heavy atom. The number of hydrogen-bond donors (Lipinski definition) is 1.